The van der Waals surface area contributed by atoms with Crippen LogP contribution in [0, 0.1) is 0 Å². The highest BCUT2D eigenvalue weighted by Gasteiger charge is 2.37. The number of carboxylic acids is 1. The van der Waals surface area contributed by atoms with Crippen molar-refractivity contribution in [3.63, 3.8) is 0 Å². The number of hydrogen-bond donors (Lipinski definition) is 2. The van der Waals surface area contributed by atoms with Crippen molar-refractivity contribution in [3.8, 4) is 0 Å². The topological polar surface area (TPSA) is 114 Å². The second-order valence-corrected chi connectivity index (χ2v) is 6.16. The molecule has 1 unspecified atom stereocenters. The molecule has 0 saturated carbocycles. The number of ether oxygens (including phenoxy) is 2. The molecule has 2 N–H and O–H groups in total. The van der Waals surface area contributed by atoms with Crippen molar-refractivity contribution in [1.82, 2.24) is 5.43 Å². The van der Waals surface area contributed by atoms with E-state index in [0.29, 0.717) is 17.7 Å². The molecule has 2 rings (SSSR count). The molecular weight excluding hydrogens is 364 g/mol. The van der Waals surface area contributed by atoms with Gasteiger partial charge in [-0.05, 0) is 38.3 Å². The van der Waals surface area contributed by atoms with Crippen LogP contribution in [0.5, 0.6) is 0 Å². The summed E-state index contributed by atoms with van der Waals surface area (Å²) in [5.41, 5.74) is 5.05. The SMILES string of the molecule is CCOC(=O)C1=NNC(C)=C(C(=O)OCC)C1c1ccc(CCC(=O)O)cc1. The van der Waals surface area contributed by atoms with Gasteiger partial charge in [-0.2, -0.15) is 5.10 Å². The number of aliphatic carboxylic acids is 1. The van der Waals surface area contributed by atoms with Crippen LogP contribution in [0.3, 0.4) is 0 Å². The zero-order valence-corrected chi connectivity index (χ0v) is 16.2. The van der Waals surface area contributed by atoms with Crippen LogP contribution < -0.4 is 5.43 Å². The second kappa shape index (κ2) is 9.68. The van der Waals surface area contributed by atoms with Crippen molar-refractivity contribution in [2.45, 2.75) is 39.5 Å². The largest absolute Gasteiger partial charge is 0.481 e. The molecule has 0 aliphatic carbocycles. The lowest BCUT2D eigenvalue weighted by molar-refractivity contribution is -0.139. The second-order valence-electron chi connectivity index (χ2n) is 6.16. The summed E-state index contributed by atoms with van der Waals surface area (Å²) < 4.78 is 10.3. The van der Waals surface area contributed by atoms with E-state index in [1.165, 1.54) is 0 Å². The number of allylic oxidation sites excluding steroid dienone is 1. The van der Waals surface area contributed by atoms with Crippen molar-refractivity contribution in [3.05, 3.63) is 46.7 Å². The highest BCUT2D eigenvalue weighted by molar-refractivity contribution is 6.40. The van der Waals surface area contributed by atoms with Gasteiger partial charge in [0.05, 0.1) is 24.7 Å². The van der Waals surface area contributed by atoms with E-state index in [1.807, 2.05) is 0 Å². The Labute approximate surface area is 163 Å². The summed E-state index contributed by atoms with van der Waals surface area (Å²) in [6, 6.07) is 7.07. The predicted molar refractivity (Wildman–Crippen MR) is 102 cm³/mol. The third kappa shape index (κ3) is 4.97. The molecule has 0 bridgehead atoms. The fourth-order valence-corrected chi connectivity index (χ4v) is 2.92. The van der Waals surface area contributed by atoms with E-state index in [-0.39, 0.29) is 30.9 Å². The maximum absolute atomic E-state index is 12.6. The molecule has 8 heteroatoms. The van der Waals surface area contributed by atoms with E-state index in [4.69, 9.17) is 14.6 Å². The minimum absolute atomic E-state index is 0.0231. The summed E-state index contributed by atoms with van der Waals surface area (Å²) in [5, 5.41) is 12.9. The molecule has 1 aromatic rings. The van der Waals surface area contributed by atoms with E-state index in [1.54, 1.807) is 45.0 Å². The quantitative estimate of drug-likeness (QED) is 0.656. The molecule has 1 aromatic carbocycles. The fraction of sp³-hybridized carbons (Fsp3) is 0.400. The summed E-state index contributed by atoms with van der Waals surface area (Å²) in [4.78, 5) is 35.7. The average Bonchev–Trinajstić information content (AvgIpc) is 2.66. The van der Waals surface area contributed by atoms with E-state index < -0.39 is 23.8 Å². The Morgan fingerprint density at radius 2 is 1.68 bits per heavy atom. The Kier molecular flexibility index (Phi) is 7.31. The van der Waals surface area contributed by atoms with Crippen LogP contribution in [0.1, 0.15) is 44.2 Å². The molecule has 0 fully saturated rings. The van der Waals surface area contributed by atoms with Crippen molar-refractivity contribution in [1.29, 1.82) is 0 Å². The molecule has 1 atom stereocenters. The summed E-state index contributed by atoms with van der Waals surface area (Å²) in [5.74, 6) is -2.77. The van der Waals surface area contributed by atoms with Crippen LogP contribution in [0.4, 0.5) is 0 Å². The van der Waals surface area contributed by atoms with E-state index in [2.05, 4.69) is 10.5 Å². The molecule has 150 valence electrons. The maximum atomic E-state index is 12.6. The van der Waals surface area contributed by atoms with Crippen LogP contribution in [0.25, 0.3) is 0 Å². The number of hydrazone groups is 1. The highest BCUT2D eigenvalue weighted by atomic mass is 16.5. The van der Waals surface area contributed by atoms with Gasteiger partial charge in [-0.15, -0.1) is 0 Å². The van der Waals surface area contributed by atoms with E-state index >= 15 is 0 Å². The first kappa shape index (κ1) is 21.1. The lowest BCUT2D eigenvalue weighted by Crippen LogP contribution is -2.36. The predicted octanol–water partition coefficient (Wildman–Crippen LogP) is 2.15. The van der Waals surface area contributed by atoms with Crippen LogP contribution >= 0.6 is 0 Å². The van der Waals surface area contributed by atoms with Crippen LogP contribution in [-0.4, -0.2) is 41.9 Å². The van der Waals surface area contributed by atoms with Gasteiger partial charge in [0.1, 0.15) is 0 Å². The molecule has 28 heavy (non-hydrogen) atoms. The number of hydrogen-bond acceptors (Lipinski definition) is 7. The number of esters is 2. The third-order valence-corrected chi connectivity index (χ3v) is 4.23. The Balaban J connectivity index is 2.42. The van der Waals surface area contributed by atoms with Gasteiger partial charge in [-0.25, -0.2) is 9.59 Å². The molecular formula is C20H24N2O6. The van der Waals surface area contributed by atoms with Crippen molar-refractivity contribution >= 4 is 23.6 Å². The Hall–Kier alpha value is -3.16. The Bertz CT molecular complexity index is 810. The fourth-order valence-electron chi connectivity index (χ4n) is 2.92. The van der Waals surface area contributed by atoms with E-state index in [9.17, 15) is 14.4 Å². The third-order valence-electron chi connectivity index (χ3n) is 4.23. The van der Waals surface area contributed by atoms with Gasteiger partial charge in [-0.1, -0.05) is 24.3 Å². The minimum Gasteiger partial charge on any atom is -0.481 e. The molecule has 0 aromatic heterocycles. The summed E-state index contributed by atoms with van der Waals surface area (Å²) >= 11 is 0. The number of benzene rings is 1. The summed E-state index contributed by atoms with van der Waals surface area (Å²) in [6.07, 6.45) is 0.412. The average molecular weight is 388 g/mol. The van der Waals surface area contributed by atoms with Crippen molar-refractivity contribution in [2.75, 3.05) is 13.2 Å². The number of carboxylic acid groups (broad SMARTS) is 1. The zero-order chi connectivity index (χ0) is 20.7. The molecule has 0 radical (unpaired) electrons. The van der Waals surface area contributed by atoms with Gasteiger partial charge >= 0.3 is 17.9 Å². The standard InChI is InChI=1S/C20H24N2O6/c1-4-27-19(25)16-12(3)21-22-18(20(26)28-5-2)17(16)14-9-6-13(7-10-14)8-11-15(23)24/h6-7,9-10,17,21H,4-5,8,11H2,1-3H3,(H,23,24). The normalized spacial score (nSPS) is 16.1. The van der Waals surface area contributed by atoms with Crippen LogP contribution in [0.2, 0.25) is 0 Å². The number of nitrogens with one attached hydrogen (secondary N) is 1. The molecule has 0 amide bonds. The van der Waals surface area contributed by atoms with Gasteiger partial charge in [0, 0.05) is 12.1 Å². The van der Waals surface area contributed by atoms with Crippen LogP contribution in [-0.2, 0) is 30.3 Å². The van der Waals surface area contributed by atoms with Gasteiger partial charge in [0.25, 0.3) is 0 Å². The zero-order valence-electron chi connectivity index (χ0n) is 16.2. The molecule has 0 spiro atoms. The molecule has 8 nitrogen and oxygen atoms in total. The van der Waals surface area contributed by atoms with E-state index in [0.717, 1.165) is 5.56 Å². The van der Waals surface area contributed by atoms with Gasteiger partial charge in [0.2, 0.25) is 0 Å². The lowest BCUT2D eigenvalue weighted by Gasteiger charge is -2.26. The van der Waals surface area contributed by atoms with Crippen molar-refractivity contribution in [2.24, 2.45) is 5.10 Å². The lowest BCUT2D eigenvalue weighted by atomic mass is 9.84. The number of aryl methyl sites for hydroxylation is 1. The number of carbonyl (C=O) groups is 3. The Morgan fingerprint density at radius 1 is 1.07 bits per heavy atom. The van der Waals surface area contributed by atoms with Gasteiger partial charge < -0.3 is 14.6 Å². The maximum Gasteiger partial charge on any atom is 0.355 e. The summed E-state index contributed by atoms with van der Waals surface area (Å²) in [6.45, 7) is 5.45. The monoisotopic (exact) mass is 388 g/mol. The Morgan fingerprint density at radius 3 is 2.25 bits per heavy atom. The number of nitrogens with zero attached hydrogens (tertiary/aromatic N) is 1. The van der Waals surface area contributed by atoms with Crippen molar-refractivity contribution < 1.29 is 29.0 Å². The molecule has 1 heterocycles. The van der Waals surface area contributed by atoms with Gasteiger partial charge in [0.15, 0.2) is 5.71 Å². The summed E-state index contributed by atoms with van der Waals surface area (Å²) in [7, 11) is 0. The minimum atomic E-state index is -0.873. The first-order valence-corrected chi connectivity index (χ1v) is 9.08. The molecule has 0 saturated heterocycles. The van der Waals surface area contributed by atoms with Gasteiger partial charge in [-0.3, -0.25) is 10.2 Å². The highest BCUT2D eigenvalue weighted by Crippen LogP contribution is 2.32. The number of carbonyl (C=O) groups excluding carboxylic acids is 2. The molecule has 1 aliphatic heterocycles. The first-order chi connectivity index (χ1) is 13.4. The van der Waals surface area contributed by atoms with Crippen LogP contribution in [0.15, 0.2) is 40.6 Å². The smallest absolute Gasteiger partial charge is 0.355 e. The number of rotatable bonds is 8. The first-order valence-electron chi connectivity index (χ1n) is 9.08. The molecule has 1 aliphatic rings.